The number of nitrogens with zero attached hydrogens (tertiary/aromatic N) is 3. The van der Waals surface area contributed by atoms with E-state index in [0.717, 1.165) is 43.0 Å². The molecule has 0 bridgehead atoms. The zero-order chi connectivity index (χ0) is 21.7. The largest absolute Gasteiger partial charge is 0.497 e. The van der Waals surface area contributed by atoms with Crippen LogP contribution in [0.15, 0.2) is 34.9 Å². The molecule has 1 amide bonds. The zero-order valence-electron chi connectivity index (χ0n) is 18.7. The third-order valence-corrected chi connectivity index (χ3v) is 5.13. The molecule has 0 N–H and O–H groups in total. The minimum Gasteiger partial charge on any atom is -0.497 e. The van der Waals surface area contributed by atoms with Gasteiger partial charge in [-0.15, -0.1) is 0 Å². The van der Waals surface area contributed by atoms with Gasteiger partial charge in [0.1, 0.15) is 11.4 Å². The van der Waals surface area contributed by atoms with Gasteiger partial charge < -0.3 is 18.8 Å². The van der Waals surface area contributed by atoms with Crippen LogP contribution >= 0.6 is 0 Å². The van der Waals surface area contributed by atoms with Crippen molar-refractivity contribution in [3.05, 3.63) is 36.4 Å². The maximum Gasteiger partial charge on any atom is 0.410 e. The fraction of sp³-hybridized carbons (Fsp3) is 0.565. The van der Waals surface area contributed by atoms with Gasteiger partial charge in [0.05, 0.1) is 19.9 Å². The van der Waals surface area contributed by atoms with Gasteiger partial charge in [0.2, 0.25) is 5.89 Å². The first kappa shape index (κ1) is 22.2. The first-order valence-electron chi connectivity index (χ1n) is 10.5. The van der Waals surface area contributed by atoms with Crippen LogP contribution in [0.3, 0.4) is 0 Å². The summed E-state index contributed by atoms with van der Waals surface area (Å²) in [6.07, 6.45) is 3.71. The number of hydrogen-bond acceptors (Lipinski definition) is 6. The Morgan fingerprint density at radius 1 is 1.30 bits per heavy atom. The van der Waals surface area contributed by atoms with Crippen molar-refractivity contribution >= 4 is 6.09 Å². The highest BCUT2D eigenvalue weighted by atomic mass is 16.6. The van der Waals surface area contributed by atoms with E-state index >= 15 is 0 Å². The van der Waals surface area contributed by atoms with E-state index in [9.17, 15) is 4.79 Å². The third kappa shape index (κ3) is 6.23. The summed E-state index contributed by atoms with van der Waals surface area (Å²) in [5.41, 5.74) is 0.501. The van der Waals surface area contributed by atoms with E-state index in [2.05, 4.69) is 9.88 Å². The van der Waals surface area contributed by atoms with E-state index in [1.807, 2.05) is 52.1 Å². The Bertz CT molecular complexity index is 826. The molecule has 1 aromatic carbocycles. The highest BCUT2D eigenvalue weighted by molar-refractivity contribution is 5.67. The Labute approximate surface area is 179 Å². The van der Waals surface area contributed by atoms with Gasteiger partial charge in [-0.1, -0.05) is 0 Å². The van der Waals surface area contributed by atoms with Gasteiger partial charge in [0, 0.05) is 25.7 Å². The van der Waals surface area contributed by atoms with E-state index in [1.54, 1.807) is 18.2 Å². The summed E-state index contributed by atoms with van der Waals surface area (Å²) in [7, 11) is 3.46. The highest BCUT2D eigenvalue weighted by Gasteiger charge is 2.26. The Morgan fingerprint density at radius 2 is 2.03 bits per heavy atom. The number of piperidine rings is 1. The second-order valence-electron chi connectivity index (χ2n) is 8.95. The van der Waals surface area contributed by atoms with Crippen molar-refractivity contribution in [2.45, 2.75) is 45.8 Å². The summed E-state index contributed by atoms with van der Waals surface area (Å²) in [6, 6.07) is 7.75. The Hall–Kier alpha value is -2.54. The molecule has 0 radical (unpaired) electrons. The van der Waals surface area contributed by atoms with Crippen molar-refractivity contribution in [3.63, 3.8) is 0 Å². The van der Waals surface area contributed by atoms with Gasteiger partial charge in [-0.25, -0.2) is 9.78 Å². The maximum absolute atomic E-state index is 12.2. The van der Waals surface area contributed by atoms with Gasteiger partial charge in [-0.3, -0.25) is 4.90 Å². The number of oxazole rings is 1. The normalized spacial score (nSPS) is 17.6. The molecule has 1 unspecified atom stereocenters. The lowest BCUT2D eigenvalue weighted by molar-refractivity contribution is 0.0239. The van der Waals surface area contributed by atoms with Crippen LogP contribution in [0, 0.1) is 5.92 Å². The SMILES string of the molecule is COc1ccc(-c2cnc(CN3CCCC(CN(C)C(=O)OC(C)(C)C)C3)o2)cc1. The summed E-state index contributed by atoms with van der Waals surface area (Å²) in [5, 5.41) is 0. The van der Waals surface area contributed by atoms with Gasteiger partial charge >= 0.3 is 6.09 Å². The lowest BCUT2D eigenvalue weighted by atomic mass is 9.97. The van der Waals surface area contributed by atoms with Crippen molar-refractivity contribution in [1.29, 1.82) is 0 Å². The molecule has 1 aliphatic heterocycles. The molecule has 30 heavy (non-hydrogen) atoms. The molecule has 3 rings (SSSR count). The van der Waals surface area contributed by atoms with Gasteiger partial charge in [0.15, 0.2) is 5.76 Å². The van der Waals surface area contributed by atoms with Gasteiger partial charge in [-0.2, -0.15) is 0 Å². The number of aromatic nitrogens is 1. The Kier molecular flexibility index (Phi) is 7.02. The van der Waals surface area contributed by atoms with E-state index in [4.69, 9.17) is 13.9 Å². The summed E-state index contributed by atoms with van der Waals surface area (Å²) in [6.45, 7) is 8.93. The maximum atomic E-state index is 12.2. The molecule has 2 aromatic rings. The number of likely N-dealkylation sites (tertiary alicyclic amines) is 1. The van der Waals surface area contributed by atoms with Crippen LogP contribution in [0.4, 0.5) is 4.79 Å². The predicted octanol–water partition coefficient (Wildman–Crippen LogP) is 4.43. The van der Waals surface area contributed by atoms with Crippen LogP contribution < -0.4 is 4.74 Å². The number of rotatable bonds is 6. The fourth-order valence-corrected chi connectivity index (χ4v) is 3.71. The van der Waals surface area contributed by atoms with Crippen LogP contribution in [0.5, 0.6) is 5.75 Å². The Balaban J connectivity index is 1.53. The minimum absolute atomic E-state index is 0.267. The molecule has 7 nitrogen and oxygen atoms in total. The summed E-state index contributed by atoms with van der Waals surface area (Å²) in [4.78, 5) is 20.7. The molecule has 164 valence electrons. The number of methoxy groups -OCH3 is 1. The van der Waals surface area contributed by atoms with Crippen molar-refractivity contribution in [2.24, 2.45) is 5.92 Å². The number of ether oxygens (including phenoxy) is 2. The Morgan fingerprint density at radius 3 is 2.70 bits per heavy atom. The van der Waals surface area contributed by atoms with E-state index in [1.165, 1.54) is 0 Å². The predicted molar refractivity (Wildman–Crippen MR) is 115 cm³/mol. The van der Waals surface area contributed by atoms with E-state index < -0.39 is 5.60 Å². The van der Waals surface area contributed by atoms with Crippen LogP contribution in [-0.2, 0) is 11.3 Å². The lowest BCUT2D eigenvalue weighted by Crippen LogP contribution is -2.42. The second-order valence-corrected chi connectivity index (χ2v) is 8.95. The molecular weight excluding hydrogens is 382 g/mol. The average Bonchev–Trinajstić information content (AvgIpc) is 3.15. The van der Waals surface area contributed by atoms with E-state index in [0.29, 0.717) is 24.9 Å². The standard InChI is InChI=1S/C23H33N3O4/c1-23(2,3)30-22(27)25(4)14-17-7-6-12-26(15-17)16-21-24-13-20(29-21)18-8-10-19(28-5)11-9-18/h8-11,13,17H,6-7,12,14-16H2,1-5H3. The third-order valence-electron chi connectivity index (χ3n) is 5.13. The quantitative estimate of drug-likeness (QED) is 0.695. The fourth-order valence-electron chi connectivity index (χ4n) is 3.71. The van der Waals surface area contributed by atoms with Crippen molar-refractivity contribution < 1.29 is 18.7 Å². The summed E-state index contributed by atoms with van der Waals surface area (Å²) < 4.78 is 16.6. The number of benzene rings is 1. The van der Waals surface area contributed by atoms with E-state index in [-0.39, 0.29) is 6.09 Å². The van der Waals surface area contributed by atoms with Crippen molar-refractivity contribution in [3.8, 4) is 17.1 Å². The molecule has 1 fully saturated rings. The van der Waals surface area contributed by atoms with Crippen molar-refractivity contribution in [1.82, 2.24) is 14.8 Å². The van der Waals surface area contributed by atoms with Crippen molar-refractivity contribution in [2.75, 3.05) is 33.8 Å². The number of hydrogen-bond donors (Lipinski definition) is 0. The molecular formula is C23H33N3O4. The smallest absolute Gasteiger partial charge is 0.410 e. The second kappa shape index (κ2) is 9.51. The molecule has 7 heteroatoms. The van der Waals surface area contributed by atoms with Gasteiger partial charge in [0.25, 0.3) is 0 Å². The van der Waals surface area contributed by atoms with Crippen LogP contribution in [0.2, 0.25) is 0 Å². The molecule has 0 spiro atoms. The number of carbonyl (C=O) groups is 1. The first-order chi connectivity index (χ1) is 14.2. The molecule has 1 saturated heterocycles. The monoisotopic (exact) mass is 415 g/mol. The highest BCUT2D eigenvalue weighted by Crippen LogP contribution is 2.25. The molecule has 1 atom stereocenters. The molecule has 1 aliphatic rings. The molecule has 0 saturated carbocycles. The average molecular weight is 416 g/mol. The summed E-state index contributed by atoms with van der Waals surface area (Å²) >= 11 is 0. The minimum atomic E-state index is -0.476. The summed E-state index contributed by atoms with van der Waals surface area (Å²) in [5.74, 6) is 2.69. The van der Waals surface area contributed by atoms with Crippen LogP contribution in [0.25, 0.3) is 11.3 Å². The first-order valence-corrected chi connectivity index (χ1v) is 10.5. The molecule has 0 aliphatic carbocycles. The van der Waals surface area contributed by atoms with Crippen LogP contribution in [0.1, 0.15) is 39.5 Å². The zero-order valence-corrected chi connectivity index (χ0v) is 18.7. The topological polar surface area (TPSA) is 68.0 Å². The van der Waals surface area contributed by atoms with Crippen LogP contribution in [-0.4, -0.2) is 60.3 Å². The van der Waals surface area contributed by atoms with Gasteiger partial charge in [-0.05, 0) is 70.3 Å². The molecule has 1 aromatic heterocycles. The molecule has 2 heterocycles. The lowest BCUT2D eigenvalue weighted by Gasteiger charge is -2.34. The number of amides is 1. The number of carbonyl (C=O) groups excluding carboxylic acids is 1.